The van der Waals surface area contributed by atoms with Crippen molar-refractivity contribution in [3.63, 3.8) is 0 Å². The largest absolute Gasteiger partial charge is 0.485 e. The number of hydrogen-bond donors (Lipinski definition) is 1. The van der Waals surface area contributed by atoms with E-state index in [-0.39, 0.29) is 12.6 Å². The number of aromatic nitrogens is 2. The number of ether oxygens (including phenoxy) is 1. The van der Waals surface area contributed by atoms with Gasteiger partial charge in [0.2, 0.25) is 11.7 Å². The highest BCUT2D eigenvalue weighted by Crippen LogP contribution is 2.15. The van der Waals surface area contributed by atoms with Gasteiger partial charge >= 0.3 is 0 Å². The Balaban J connectivity index is 1.97. The number of hydrogen-bond acceptors (Lipinski definition) is 5. The minimum Gasteiger partial charge on any atom is -0.485 e. The molecule has 1 aromatic carbocycles. The summed E-state index contributed by atoms with van der Waals surface area (Å²) in [5, 5.41) is 3.80. The average molecular weight is 247 g/mol. The monoisotopic (exact) mass is 247 g/mol. The van der Waals surface area contributed by atoms with Crippen molar-refractivity contribution in [1.82, 2.24) is 10.1 Å². The molecule has 0 bridgehead atoms. The fraction of sp³-hybridized carbons (Fsp3) is 0.385. The highest BCUT2D eigenvalue weighted by molar-refractivity contribution is 5.28. The van der Waals surface area contributed by atoms with E-state index in [4.69, 9.17) is 15.0 Å². The lowest BCUT2D eigenvalue weighted by molar-refractivity contribution is 0.284. The van der Waals surface area contributed by atoms with Crippen LogP contribution in [-0.4, -0.2) is 10.1 Å². The van der Waals surface area contributed by atoms with Crippen molar-refractivity contribution < 1.29 is 9.26 Å². The lowest BCUT2D eigenvalue weighted by Gasteiger charge is -2.04. The molecule has 0 saturated carbocycles. The van der Waals surface area contributed by atoms with Crippen molar-refractivity contribution in [2.45, 2.75) is 32.9 Å². The van der Waals surface area contributed by atoms with Gasteiger partial charge in [0.1, 0.15) is 5.75 Å². The van der Waals surface area contributed by atoms with Crippen LogP contribution in [0.25, 0.3) is 0 Å². The van der Waals surface area contributed by atoms with E-state index in [1.54, 1.807) is 6.92 Å². The summed E-state index contributed by atoms with van der Waals surface area (Å²) in [5.41, 5.74) is 6.87. The fourth-order valence-electron chi connectivity index (χ4n) is 1.51. The van der Waals surface area contributed by atoms with Crippen LogP contribution in [0.5, 0.6) is 5.75 Å². The summed E-state index contributed by atoms with van der Waals surface area (Å²) in [6.45, 7) is 4.18. The van der Waals surface area contributed by atoms with Crippen molar-refractivity contribution in [3.8, 4) is 5.75 Å². The van der Waals surface area contributed by atoms with E-state index in [9.17, 15) is 0 Å². The van der Waals surface area contributed by atoms with E-state index in [1.165, 1.54) is 5.56 Å². The molecule has 1 aromatic heterocycles. The second kappa shape index (κ2) is 5.64. The van der Waals surface area contributed by atoms with Crippen LogP contribution in [0.15, 0.2) is 28.8 Å². The van der Waals surface area contributed by atoms with Gasteiger partial charge in [0.25, 0.3) is 0 Å². The molecule has 0 aliphatic heterocycles. The lowest BCUT2D eigenvalue weighted by Crippen LogP contribution is -2.05. The first kappa shape index (κ1) is 12.6. The van der Waals surface area contributed by atoms with Gasteiger partial charge in [-0.25, -0.2) is 0 Å². The van der Waals surface area contributed by atoms with Crippen LogP contribution >= 0.6 is 0 Å². The molecule has 5 heteroatoms. The third-order valence-electron chi connectivity index (χ3n) is 2.55. The fourth-order valence-corrected chi connectivity index (χ4v) is 1.51. The third kappa shape index (κ3) is 3.07. The molecule has 0 amide bonds. The second-order valence-electron chi connectivity index (χ2n) is 4.13. The number of nitrogens with zero attached hydrogens (tertiary/aromatic N) is 2. The Bertz CT molecular complexity index is 508. The zero-order valence-corrected chi connectivity index (χ0v) is 10.6. The zero-order chi connectivity index (χ0) is 13.0. The van der Waals surface area contributed by atoms with Crippen LogP contribution in [0.1, 0.15) is 37.2 Å². The van der Waals surface area contributed by atoms with Gasteiger partial charge in [0.15, 0.2) is 6.61 Å². The first-order valence-electron chi connectivity index (χ1n) is 5.99. The lowest BCUT2D eigenvalue weighted by atomic mass is 10.2. The molecular formula is C13H17N3O2. The number of aryl methyl sites for hydroxylation is 1. The van der Waals surface area contributed by atoms with Gasteiger partial charge in [-0.05, 0) is 31.0 Å². The summed E-state index contributed by atoms with van der Waals surface area (Å²) in [5.74, 6) is 1.74. The maximum absolute atomic E-state index is 5.64. The van der Waals surface area contributed by atoms with E-state index in [0.717, 1.165) is 12.2 Å². The number of benzene rings is 1. The van der Waals surface area contributed by atoms with E-state index >= 15 is 0 Å². The summed E-state index contributed by atoms with van der Waals surface area (Å²) in [6, 6.07) is 7.69. The van der Waals surface area contributed by atoms with Crippen LogP contribution in [0.4, 0.5) is 0 Å². The van der Waals surface area contributed by atoms with E-state index in [1.807, 2.05) is 18.2 Å². The van der Waals surface area contributed by atoms with Gasteiger partial charge in [-0.3, -0.25) is 0 Å². The second-order valence-corrected chi connectivity index (χ2v) is 4.13. The number of rotatable bonds is 5. The molecule has 5 nitrogen and oxygen atoms in total. The molecule has 2 N–H and O–H groups in total. The Labute approximate surface area is 106 Å². The molecule has 0 aliphatic carbocycles. The van der Waals surface area contributed by atoms with Gasteiger partial charge in [-0.15, -0.1) is 0 Å². The molecule has 0 radical (unpaired) electrons. The predicted molar refractivity (Wildman–Crippen MR) is 67.1 cm³/mol. The Hall–Kier alpha value is -1.88. The molecule has 1 unspecified atom stereocenters. The molecule has 2 rings (SSSR count). The van der Waals surface area contributed by atoms with Gasteiger partial charge in [-0.2, -0.15) is 4.98 Å². The van der Waals surface area contributed by atoms with Crippen molar-refractivity contribution in [2.24, 2.45) is 5.73 Å². The molecule has 0 fully saturated rings. The molecule has 1 atom stereocenters. The maximum atomic E-state index is 5.64. The predicted octanol–water partition coefficient (Wildman–Crippen LogP) is 2.23. The van der Waals surface area contributed by atoms with Crippen LogP contribution in [0, 0.1) is 0 Å². The molecule has 0 spiro atoms. The first-order valence-corrected chi connectivity index (χ1v) is 5.99. The van der Waals surface area contributed by atoms with Crippen molar-refractivity contribution in [3.05, 3.63) is 41.5 Å². The number of nitrogens with two attached hydrogens (primary N) is 1. The molecule has 18 heavy (non-hydrogen) atoms. The Morgan fingerprint density at radius 3 is 2.94 bits per heavy atom. The van der Waals surface area contributed by atoms with E-state index in [2.05, 4.69) is 23.1 Å². The van der Waals surface area contributed by atoms with E-state index < -0.39 is 0 Å². The Morgan fingerprint density at radius 2 is 2.28 bits per heavy atom. The molecule has 96 valence electrons. The summed E-state index contributed by atoms with van der Waals surface area (Å²) < 4.78 is 10.6. The molecule has 0 saturated heterocycles. The highest BCUT2D eigenvalue weighted by atomic mass is 16.5. The van der Waals surface area contributed by atoms with Crippen LogP contribution in [0.2, 0.25) is 0 Å². The normalized spacial score (nSPS) is 12.4. The smallest absolute Gasteiger partial charge is 0.243 e. The molecule has 2 aromatic rings. The Morgan fingerprint density at radius 1 is 1.44 bits per heavy atom. The SMILES string of the molecule is CCc1cccc(OCc2noc(C(C)N)n2)c1. The van der Waals surface area contributed by atoms with Gasteiger partial charge in [0.05, 0.1) is 6.04 Å². The van der Waals surface area contributed by atoms with Crippen LogP contribution < -0.4 is 10.5 Å². The first-order chi connectivity index (χ1) is 8.69. The van der Waals surface area contributed by atoms with Crippen molar-refractivity contribution >= 4 is 0 Å². The van der Waals surface area contributed by atoms with Crippen molar-refractivity contribution in [1.29, 1.82) is 0 Å². The maximum Gasteiger partial charge on any atom is 0.243 e. The van der Waals surface area contributed by atoms with Gasteiger partial charge < -0.3 is 15.0 Å². The van der Waals surface area contributed by atoms with E-state index in [0.29, 0.717) is 11.7 Å². The third-order valence-corrected chi connectivity index (χ3v) is 2.55. The Kier molecular flexibility index (Phi) is 3.94. The summed E-state index contributed by atoms with van der Waals surface area (Å²) >= 11 is 0. The van der Waals surface area contributed by atoms with Crippen LogP contribution in [-0.2, 0) is 13.0 Å². The van der Waals surface area contributed by atoms with Gasteiger partial charge in [-0.1, -0.05) is 24.2 Å². The molecule has 1 heterocycles. The zero-order valence-electron chi connectivity index (χ0n) is 10.6. The summed E-state index contributed by atoms with van der Waals surface area (Å²) in [4.78, 5) is 4.14. The molecular weight excluding hydrogens is 230 g/mol. The minimum absolute atomic E-state index is 0.255. The standard InChI is InChI=1S/C13H17N3O2/c1-3-10-5-4-6-11(7-10)17-8-12-15-13(9(2)14)18-16-12/h4-7,9H,3,8,14H2,1-2H3. The minimum atomic E-state index is -0.255. The van der Waals surface area contributed by atoms with Gasteiger partial charge in [0, 0.05) is 0 Å². The summed E-state index contributed by atoms with van der Waals surface area (Å²) in [6.07, 6.45) is 0.980. The highest BCUT2D eigenvalue weighted by Gasteiger charge is 2.10. The topological polar surface area (TPSA) is 74.2 Å². The average Bonchev–Trinajstić information content (AvgIpc) is 2.85. The summed E-state index contributed by atoms with van der Waals surface area (Å²) in [7, 11) is 0. The van der Waals surface area contributed by atoms with Crippen LogP contribution in [0.3, 0.4) is 0 Å². The quantitative estimate of drug-likeness (QED) is 0.877. The van der Waals surface area contributed by atoms with Crippen molar-refractivity contribution in [2.75, 3.05) is 0 Å². The molecule has 0 aliphatic rings.